The minimum absolute atomic E-state index is 0.216. The summed E-state index contributed by atoms with van der Waals surface area (Å²) in [7, 11) is 0. The maximum Gasteiger partial charge on any atom is 0.275 e. The number of fused-ring (bicyclic) bond motifs is 1. The largest absolute Gasteiger partial charge is 0.321 e. The maximum atomic E-state index is 12.3. The Morgan fingerprint density at radius 3 is 2.81 bits per heavy atom. The number of amides is 1. The van der Waals surface area contributed by atoms with E-state index in [2.05, 4.69) is 26.2 Å². The molecule has 0 aliphatic carbocycles. The molecule has 0 aliphatic rings. The molecule has 0 atom stereocenters. The van der Waals surface area contributed by atoms with E-state index in [1.54, 1.807) is 6.20 Å². The molecule has 2 heterocycles. The van der Waals surface area contributed by atoms with Crippen LogP contribution in [0.4, 0.5) is 5.69 Å². The summed E-state index contributed by atoms with van der Waals surface area (Å²) < 4.78 is 2.80. The highest BCUT2D eigenvalue weighted by Crippen LogP contribution is 2.21. The fraction of sp³-hybridized carbons (Fsp3) is 0.125. The van der Waals surface area contributed by atoms with Gasteiger partial charge in [0.2, 0.25) is 0 Å². The third-order valence-corrected chi connectivity index (χ3v) is 4.13. The van der Waals surface area contributed by atoms with E-state index in [0.717, 1.165) is 26.9 Å². The predicted molar refractivity (Wildman–Crippen MR) is 86.8 cm³/mol. The molecular formula is C16H14BrN3O. The van der Waals surface area contributed by atoms with Gasteiger partial charge >= 0.3 is 0 Å². The Kier molecular flexibility index (Phi) is 3.51. The van der Waals surface area contributed by atoms with Gasteiger partial charge in [-0.1, -0.05) is 22.0 Å². The van der Waals surface area contributed by atoms with Gasteiger partial charge in [0, 0.05) is 22.6 Å². The molecule has 0 saturated carbocycles. The number of carbonyl (C=O) groups is 1. The zero-order valence-electron chi connectivity index (χ0n) is 11.7. The van der Waals surface area contributed by atoms with Gasteiger partial charge in [-0.3, -0.25) is 4.79 Å². The van der Waals surface area contributed by atoms with Gasteiger partial charge in [-0.05, 0) is 49.2 Å². The first kappa shape index (κ1) is 13.8. The number of aryl methyl sites for hydroxylation is 2. The molecule has 1 amide bonds. The molecule has 1 N–H and O–H groups in total. The van der Waals surface area contributed by atoms with Gasteiger partial charge in [-0.15, -0.1) is 0 Å². The smallest absolute Gasteiger partial charge is 0.275 e. The van der Waals surface area contributed by atoms with E-state index < -0.39 is 0 Å². The highest BCUT2D eigenvalue weighted by Gasteiger charge is 2.11. The van der Waals surface area contributed by atoms with Crippen LogP contribution < -0.4 is 5.32 Å². The Balaban J connectivity index is 1.87. The summed E-state index contributed by atoms with van der Waals surface area (Å²) >= 11 is 3.46. The second kappa shape index (κ2) is 5.33. The third kappa shape index (κ3) is 2.83. The van der Waals surface area contributed by atoms with Gasteiger partial charge in [0.25, 0.3) is 5.91 Å². The number of hydrogen-bond donors (Lipinski definition) is 1. The Labute approximate surface area is 131 Å². The molecule has 4 nitrogen and oxygen atoms in total. The molecule has 0 radical (unpaired) electrons. The quantitative estimate of drug-likeness (QED) is 0.765. The predicted octanol–water partition coefficient (Wildman–Crippen LogP) is 3.97. The van der Waals surface area contributed by atoms with Crippen molar-refractivity contribution >= 4 is 33.2 Å². The van der Waals surface area contributed by atoms with Crippen LogP contribution in [0.5, 0.6) is 0 Å². The summed E-state index contributed by atoms with van der Waals surface area (Å²) in [5, 5.41) is 2.86. The summed E-state index contributed by atoms with van der Waals surface area (Å²) in [4.78, 5) is 16.6. The van der Waals surface area contributed by atoms with E-state index in [1.807, 2.05) is 54.8 Å². The lowest BCUT2D eigenvalue weighted by molar-refractivity contribution is 0.102. The Morgan fingerprint density at radius 2 is 2.05 bits per heavy atom. The molecule has 0 unspecified atom stereocenters. The normalized spacial score (nSPS) is 10.8. The average Bonchev–Trinajstić information content (AvgIpc) is 2.86. The van der Waals surface area contributed by atoms with Crippen molar-refractivity contribution in [2.75, 3.05) is 5.32 Å². The number of aromatic nitrogens is 2. The fourth-order valence-corrected chi connectivity index (χ4v) is 2.44. The Morgan fingerprint density at radius 1 is 1.24 bits per heavy atom. The van der Waals surface area contributed by atoms with Crippen LogP contribution in [0.25, 0.3) is 5.65 Å². The number of anilines is 1. The number of imidazole rings is 1. The molecule has 3 rings (SSSR count). The number of nitrogens with zero attached hydrogens (tertiary/aromatic N) is 2. The monoisotopic (exact) mass is 343 g/mol. The van der Waals surface area contributed by atoms with E-state index in [9.17, 15) is 4.79 Å². The molecule has 0 fully saturated rings. The second-order valence-corrected chi connectivity index (χ2v) is 5.87. The molecular weight excluding hydrogens is 330 g/mol. The van der Waals surface area contributed by atoms with Gasteiger partial charge in [0.05, 0.1) is 0 Å². The lowest BCUT2D eigenvalue weighted by Gasteiger charge is -2.05. The van der Waals surface area contributed by atoms with Crippen molar-refractivity contribution in [1.82, 2.24) is 9.38 Å². The topological polar surface area (TPSA) is 46.4 Å². The van der Waals surface area contributed by atoms with E-state index in [-0.39, 0.29) is 5.91 Å². The van der Waals surface area contributed by atoms with Crippen LogP contribution in [-0.2, 0) is 0 Å². The van der Waals surface area contributed by atoms with Crippen molar-refractivity contribution < 1.29 is 4.79 Å². The van der Waals surface area contributed by atoms with Crippen LogP contribution in [0.3, 0.4) is 0 Å². The first-order valence-corrected chi connectivity index (χ1v) is 7.35. The molecule has 1 aromatic carbocycles. The van der Waals surface area contributed by atoms with Crippen LogP contribution in [0.2, 0.25) is 0 Å². The van der Waals surface area contributed by atoms with E-state index in [4.69, 9.17) is 0 Å². The number of hydrogen-bond acceptors (Lipinski definition) is 2. The first-order chi connectivity index (χ1) is 10.0. The molecule has 21 heavy (non-hydrogen) atoms. The minimum atomic E-state index is -0.216. The lowest BCUT2D eigenvalue weighted by Crippen LogP contribution is -2.12. The van der Waals surface area contributed by atoms with Crippen LogP contribution in [-0.4, -0.2) is 15.3 Å². The number of pyridine rings is 1. The maximum absolute atomic E-state index is 12.3. The molecule has 5 heteroatoms. The first-order valence-electron chi connectivity index (χ1n) is 6.56. The summed E-state index contributed by atoms with van der Waals surface area (Å²) in [5.41, 5.74) is 4.15. The van der Waals surface area contributed by atoms with Crippen molar-refractivity contribution in [1.29, 1.82) is 0 Å². The van der Waals surface area contributed by atoms with Gasteiger partial charge in [0.15, 0.2) is 0 Å². The zero-order chi connectivity index (χ0) is 15.0. The van der Waals surface area contributed by atoms with Crippen molar-refractivity contribution in [3.63, 3.8) is 0 Å². The molecule has 0 aliphatic heterocycles. The van der Waals surface area contributed by atoms with Gasteiger partial charge < -0.3 is 9.72 Å². The van der Waals surface area contributed by atoms with Crippen molar-refractivity contribution in [2.24, 2.45) is 0 Å². The second-order valence-electron chi connectivity index (χ2n) is 5.01. The van der Waals surface area contributed by atoms with Crippen LogP contribution in [0.1, 0.15) is 21.6 Å². The molecule has 0 bridgehead atoms. The molecule has 0 spiro atoms. The van der Waals surface area contributed by atoms with Gasteiger partial charge in [-0.2, -0.15) is 0 Å². The average molecular weight is 344 g/mol. The highest BCUT2D eigenvalue weighted by atomic mass is 79.9. The molecule has 2 aromatic heterocycles. The van der Waals surface area contributed by atoms with Crippen LogP contribution >= 0.6 is 15.9 Å². The van der Waals surface area contributed by atoms with E-state index >= 15 is 0 Å². The van der Waals surface area contributed by atoms with Crippen molar-refractivity contribution in [3.05, 3.63) is 64.0 Å². The number of rotatable bonds is 2. The van der Waals surface area contributed by atoms with Gasteiger partial charge in [0.1, 0.15) is 11.3 Å². The standard InChI is InChI=1S/C16H14BrN3O/c1-10-5-6-20-9-14(19-15(20)7-10)16(21)18-12-4-3-11(2)13(17)8-12/h3-9H,1-2H3,(H,18,21). The van der Waals surface area contributed by atoms with Crippen LogP contribution in [0.15, 0.2) is 47.2 Å². The summed E-state index contributed by atoms with van der Waals surface area (Å²) in [5.74, 6) is -0.216. The number of carbonyl (C=O) groups excluding carboxylic acids is 1. The highest BCUT2D eigenvalue weighted by molar-refractivity contribution is 9.10. The summed E-state index contributed by atoms with van der Waals surface area (Å²) in [6.45, 7) is 4.00. The van der Waals surface area contributed by atoms with Crippen LogP contribution in [0, 0.1) is 13.8 Å². The number of nitrogens with one attached hydrogen (secondary N) is 1. The minimum Gasteiger partial charge on any atom is -0.321 e. The van der Waals surface area contributed by atoms with E-state index in [0.29, 0.717) is 5.69 Å². The SMILES string of the molecule is Cc1ccn2cc(C(=O)Nc3ccc(C)c(Br)c3)nc2c1. The van der Waals surface area contributed by atoms with Crippen molar-refractivity contribution in [3.8, 4) is 0 Å². The Hall–Kier alpha value is -2.14. The fourth-order valence-electron chi connectivity index (χ4n) is 2.06. The summed E-state index contributed by atoms with van der Waals surface area (Å²) in [6.07, 6.45) is 3.63. The third-order valence-electron chi connectivity index (χ3n) is 3.28. The zero-order valence-corrected chi connectivity index (χ0v) is 13.3. The lowest BCUT2D eigenvalue weighted by atomic mass is 10.2. The number of halogens is 1. The molecule has 3 aromatic rings. The Bertz CT molecular complexity index is 839. The van der Waals surface area contributed by atoms with Crippen molar-refractivity contribution in [2.45, 2.75) is 13.8 Å². The molecule has 106 valence electrons. The van der Waals surface area contributed by atoms with Gasteiger partial charge in [-0.25, -0.2) is 4.98 Å². The number of benzene rings is 1. The molecule has 0 saturated heterocycles. The summed E-state index contributed by atoms with van der Waals surface area (Å²) in [6, 6.07) is 9.63. The van der Waals surface area contributed by atoms with E-state index in [1.165, 1.54) is 0 Å².